The summed E-state index contributed by atoms with van der Waals surface area (Å²) in [4.78, 5) is 8.75. The summed E-state index contributed by atoms with van der Waals surface area (Å²) in [6, 6.07) is 10.3. The van der Waals surface area contributed by atoms with E-state index >= 15 is 0 Å². The number of fused-ring (bicyclic) bond motifs is 1. The van der Waals surface area contributed by atoms with Gasteiger partial charge in [-0.25, -0.2) is 0 Å². The molecule has 4 heteroatoms. The van der Waals surface area contributed by atoms with Gasteiger partial charge >= 0.3 is 0 Å². The van der Waals surface area contributed by atoms with Gasteiger partial charge in [-0.3, -0.25) is 9.98 Å². The Morgan fingerprint density at radius 1 is 1.18 bits per heavy atom. The van der Waals surface area contributed by atoms with Gasteiger partial charge in [0.15, 0.2) is 5.96 Å². The monoisotopic (exact) mass is 298 g/mol. The summed E-state index contributed by atoms with van der Waals surface area (Å²) in [6.45, 7) is 6.17. The first-order valence-corrected chi connectivity index (χ1v) is 7.98. The van der Waals surface area contributed by atoms with Crippen molar-refractivity contribution in [3.63, 3.8) is 0 Å². The maximum absolute atomic E-state index is 4.48. The van der Waals surface area contributed by atoms with Crippen LogP contribution >= 0.6 is 0 Å². The zero-order valence-corrected chi connectivity index (χ0v) is 13.8. The van der Waals surface area contributed by atoms with Crippen molar-refractivity contribution in [2.75, 3.05) is 13.6 Å². The van der Waals surface area contributed by atoms with Crippen LogP contribution in [0.1, 0.15) is 32.3 Å². The molecule has 2 rings (SSSR count). The van der Waals surface area contributed by atoms with Crippen LogP contribution in [0.4, 0.5) is 0 Å². The van der Waals surface area contributed by atoms with E-state index in [4.69, 9.17) is 0 Å². The Hall–Kier alpha value is -2.10. The molecule has 0 radical (unpaired) electrons. The molecule has 1 aromatic carbocycles. The number of aromatic nitrogens is 1. The summed E-state index contributed by atoms with van der Waals surface area (Å²) in [7, 11) is 1.80. The Morgan fingerprint density at radius 3 is 2.77 bits per heavy atom. The van der Waals surface area contributed by atoms with E-state index in [1.807, 2.05) is 12.3 Å². The van der Waals surface area contributed by atoms with Crippen LogP contribution in [-0.2, 0) is 6.54 Å². The average molecular weight is 298 g/mol. The SMILES string of the molecule is CN=C(NCCCC(C)C)NCc1cccc2cccnc12. The number of nitrogens with zero attached hydrogens (tertiary/aromatic N) is 2. The van der Waals surface area contributed by atoms with Crippen molar-refractivity contribution in [2.24, 2.45) is 10.9 Å². The van der Waals surface area contributed by atoms with Gasteiger partial charge in [0.1, 0.15) is 0 Å². The first-order valence-electron chi connectivity index (χ1n) is 7.98. The van der Waals surface area contributed by atoms with Gasteiger partial charge in [-0.2, -0.15) is 0 Å². The van der Waals surface area contributed by atoms with Gasteiger partial charge < -0.3 is 10.6 Å². The smallest absolute Gasteiger partial charge is 0.191 e. The summed E-state index contributed by atoms with van der Waals surface area (Å²) in [5, 5.41) is 7.89. The second kappa shape index (κ2) is 8.37. The van der Waals surface area contributed by atoms with Gasteiger partial charge in [-0.15, -0.1) is 0 Å². The number of hydrogen-bond acceptors (Lipinski definition) is 2. The number of hydrogen-bond donors (Lipinski definition) is 2. The van der Waals surface area contributed by atoms with Gasteiger partial charge in [0, 0.05) is 31.7 Å². The normalized spacial score (nSPS) is 11.9. The number of nitrogens with one attached hydrogen (secondary N) is 2. The molecule has 2 aromatic rings. The molecule has 2 N–H and O–H groups in total. The van der Waals surface area contributed by atoms with Crippen LogP contribution in [0.25, 0.3) is 10.9 Å². The predicted octanol–water partition coefficient (Wildman–Crippen LogP) is 3.34. The maximum atomic E-state index is 4.48. The molecule has 0 atom stereocenters. The van der Waals surface area contributed by atoms with Crippen LogP contribution in [0.5, 0.6) is 0 Å². The van der Waals surface area contributed by atoms with Crippen molar-refractivity contribution < 1.29 is 0 Å². The molecule has 0 fully saturated rings. The molecule has 0 aliphatic carbocycles. The standard InChI is InChI=1S/C18H26N4/c1-14(2)7-5-12-21-18(19-3)22-13-16-9-4-8-15-10-6-11-20-17(15)16/h4,6,8-11,14H,5,7,12-13H2,1-3H3,(H2,19,21,22). The molecule has 22 heavy (non-hydrogen) atoms. The summed E-state index contributed by atoms with van der Waals surface area (Å²) < 4.78 is 0. The molecule has 0 aliphatic heterocycles. The molecule has 4 nitrogen and oxygen atoms in total. The Balaban J connectivity index is 1.90. The first kappa shape index (κ1) is 16.3. The lowest BCUT2D eigenvalue weighted by molar-refractivity contribution is 0.549. The number of para-hydroxylation sites is 1. The molecule has 0 spiro atoms. The quantitative estimate of drug-likeness (QED) is 0.488. The van der Waals surface area contributed by atoms with Crippen LogP contribution in [0.3, 0.4) is 0 Å². The minimum atomic E-state index is 0.720. The van der Waals surface area contributed by atoms with Gasteiger partial charge in [0.2, 0.25) is 0 Å². The Kier molecular flexibility index (Phi) is 6.19. The maximum Gasteiger partial charge on any atom is 0.191 e. The Labute approximate surface area is 133 Å². The van der Waals surface area contributed by atoms with E-state index in [-0.39, 0.29) is 0 Å². The largest absolute Gasteiger partial charge is 0.356 e. The van der Waals surface area contributed by atoms with E-state index in [0.717, 1.165) is 36.9 Å². The molecule has 0 saturated heterocycles. The summed E-state index contributed by atoms with van der Waals surface area (Å²) in [6.07, 6.45) is 4.23. The fourth-order valence-electron chi connectivity index (χ4n) is 2.43. The third-order valence-corrected chi connectivity index (χ3v) is 3.64. The predicted molar refractivity (Wildman–Crippen MR) is 94.0 cm³/mol. The van der Waals surface area contributed by atoms with Crippen LogP contribution in [-0.4, -0.2) is 24.5 Å². The number of pyridine rings is 1. The van der Waals surface area contributed by atoms with Crippen LogP contribution in [0, 0.1) is 5.92 Å². The van der Waals surface area contributed by atoms with Gasteiger partial charge in [0.05, 0.1) is 5.52 Å². The number of guanidine groups is 1. The Bertz CT molecular complexity index is 614. The van der Waals surface area contributed by atoms with Crippen molar-refractivity contribution in [3.8, 4) is 0 Å². The number of rotatable bonds is 6. The molecule has 118 valence electrons. The molecular weight excluding hydrogens is 272 g/mol. The molecule has 0 aliphatic rings. The van der Waals surface area contributed by atoms with E-state index in [0.29, 0.717) is 0 Å². The van der Waals surface area contributed by atoms with Gasteiger partial charge in [-0.05, 0) is 30.4 Å². The van der Waals surface area contributed by atoms with E-state index < -0.39 is 0 Å². The first-order chi connectivity index (χ1) is 10.7. The molecular formula is C18H26N4. The summed E-state index contributed by atoms with van der Waals surface area (Å²) in [5.74, 6) is 1.59. The minimum absolute atomic E-state index is 0.720. The van der Waals surface area contributed by atoms with Crippen molar-refractivity contribution >= 4 is 16.9 Å². The second-order valence-electron chi connectivity index (χ2n) is 5.88. The summed E-state index contributed by atoms with van der Waals surface area (Å²) in [5.41, 5.74) is 2.23. The zero-order valence-electron chi connectivity index (χ0n) is 13.8. The highest BCUT2D eigenvalue weighted by molar-refractivity contribution is 5.83. The highest BCUT2D eigenvalue weighted by Gasteiger charge is 2.03. The van der Waals surface area contributed by atoms with E-state index in [9.17, 15) is 0 Å². The summed E-state index contributed by atoms with van der Waals surface area (Å²) >= 11 is 0. The molecule has 0 amide bonds. The van der Waals surface area contributed by atoms with Crippen LogP contribution in [0.2, 0.25) is 0 Å². The van der Waals surface area contributed by atoms with Gasteiger partial charge in [0.25, 0.3) is 0 Å². The zero-order chi connectivity index (χ0) is 15.8. The molecule has 0 saturated carbocycles. The Morgan fingerprint density at radius 2 is 2.00 bits per heavy atom. The van der Waals surface area contributed by atoms with Crippen LogP contribution in [0.15, 0.2) is 41.5 Å². The lowest BCUT2D eigenvalue weighted by Gasteiger charge is -2.13. The second-order valence-corrected chi connectivity index (χ2v) is 5.88. The lowest BCUT2D eigenvalue weighted by Crippen LogP contribution is -2.37. The fraction of sp³-hybridized carbons (Fsp3) is 0.444. The number of benzene rings is 1. The van der Waals surface area contributed by atoms with Crippen molar-refractivity contribution in [1.82, 2.24) is 15.6 Å². The van der Waals surface area contributed by atoms with E-state index in [2.05, 4.69) is 58.7 Å². The highest BCUT2D eigenvalue weighted by Crippen LogP contribution is 2.15. The topological polar surface area (TPSA) is 49.3 Å². The molecule has 0 unspecified atom stereocenters. The lowest BCUT2D eigenvalue weighted by atomic mass is 10.1. The highest BCUT2D eigenvalue weighted by atomic mass is 15.2. The number of aliphatic imine (C=N–C) groups is 1. The van der Waals surface area contributed by atoms with Crippen molar-refractivity contribution in [3.05, 3.63) is 42.1 Å². The minimum Gasteiger partial charge on any atom is -0.356 e. The van der Waals surface area contributed by atoms with Crippen molar-refractivity contribution in [1.29, 1.82) is 0 Å². The average Bonchev–Trinajstić information content (AvgIpc) is 2.54. The van der Waals surface area contributed by atoms with Crippen LogP contribution < -0.4 is 10.6 Å². The van der Waals surface area contributed by atoms with E-state index in [1.165, 1.54) is 17.4 Å². The molecule has 0 bridgehead atoms. The fourth-order valence-corrected chi connectivity index (χ4v) is 2.43. The molecule has 1 aromatic heterocycles. The third-order valence-electron chi connectivity index (χ3n) is 3.64. The molecule has 1 heterocycles. The van der Waals surface area contributed by atoms with E-state index in [1.54, 1.807) is 7.05 Å². The van der Waals surface area contributed by atoms with Gasteiger partial charge in [-0.1, -0.05) is 38.1 Å². The third kappa shape index (κ3) is 4.72. The van der Waals surface area contributed by atoms with Crippen molar-refractivity contribution in [2.45, 2.75) is 33.2 Å².